The standard InChI is InChI=1S/C14H29N3O4S/c1-4-10(2)13(19)21-7-5-16-14(20)17-6-8-22-9-11(3)12(15)18/h10-12,18H,4-9,15H2,1-3H3,(H2,16,17,20). The van der Waals surface area contributed by atoms with Gasteiger partial charge in [0.2, 0.25) is 0 Å². The molecule has 0 aromatic heterocycles. The van der Waals surface area contributed by atoms with Gasteiger partial charge in [0, 0.05) is 18.2 Å². The first-order valence-electron chi connectivity index (χ1n) is 7.58. The molecule has 0 aromatic rings. The van der Waals surface area contributed by atoms with Crippen LogP contribution in [0.1, 0.15) is 27.2 Å². The van der Waals surface area contributed by atoms with Gasteiger partial charge in [-0.25, -0.2) is 4.79 Å². The molecule has 2 amide bonds. The molecular formula is C14H29N3O4S. The van der Waals surface area contributed by atoms with Crippen molar-refractivity contribution in [1.82, 2.24) is 10.6 Å². The highest BCUT2D eigenvalue weighted by atomic mass is 32.2. The minimum Gasteiger partial charge on any atom is -0.464 e. The third-order valence-electron chi connectivity index (χ3n) is 3.14. The number of hydrogen-bond acceptors (Lipinski definition) is 6. The second-order valence-electron chi connectivity index (χ2n) is 5.20. The van der Waals surface area contributed by atoms with Crippen molar-refractivity contribution in [3.63, 3.8) is 0 Å². The van der Waals surface area contributed by atoms with Gasteiger partial charge in [-0.05, 0) is 12.2 Å². The van der Waals surface area contributed by atoms with E-state index in [9.17, 15) is 9.59 Å². The number of ether oxygens (including phenoxy) is 1. The second kappa shape index (κ2) is 12.5. The second-order valence-corrected chi connectivity index (χ2v) is 6.35. The molecule has 8 heteroatoms. The van der Waals surface area contributed by atoms with Crippen LogP contribution in [-0.2, 0) is 9.53 Å². The van der Waals surface area contributed by atoms with Gasteiger partial charge in [0.05, 0.1) is 12.5 Å². The Balaban J connectivity index is 3.49. The molecule has 0 heterocycles. The lowest BCUT2D eigenvalue weighted by molar-refractivity contribution is -0.147. The lowest BCUT2D eigenvalue weighted by Crippen LogP contribution is -2.38. The van der Waals surface area contributed by atoms with Gasteiger partial charge in [0.15, 0.2) is 0 Å². The van der Waals surface area contributed by atoms with Crippen molar-refractivity contribution < 1.29 is 19.4 Å². The van der Waals surface area contributed by atoms with Crippen molar-refractivity contribution >= 4 is 23.8 Å². The van der Waals surface area contributed by atoms with E-state index in [1.807, 2.05) is 20.8 Å². The molecule has 0 rings (SSSR count). The highest BCUT2D eigenvalue weighted by Gasteiger charge is 2.11. The summed E-state index contributed by atoms with van der Waals surface area (Å²) < 4.78 is 5.02. The summed E-state index contributed by atoms with van der Waals surface area (Å²) >= 11 is 1.62. The van der Waals surface area contributed by atoms with Crippen LogP contribution in [0.3, 0.4) is 0 Å². The third kappa shape index (κ3) is 10.7. The first-order valence-corrected chi connectivity index (χ1v) is 8.73. The van der Waals surface area contributed by atoms with E-state index >= 15 is 0 Å². The van der Waals surface area contributed by atoms with E-state index in [0.29, 0.717) is 6.54 Å². The van der Waals surface area contributed by atoms with Crippen LogP contribution in [0.15, 0.2) is 0 Å². The quantitative estimate of drug-likeness (QED) is 0.249. The Hall–Kier alpha value is -0.990. The maximum absolute atomic E-state index is 11.5. The molecule has 3 unspecified atom stereocenters. The third-order valence-corrected chi connectivity index (χ3v) is 4.40. The van der Waals surface area contributed by atoms with Crippen LogP contribution in [-0.4, -0.2) is 54.5 Å². The Bertz CT molecular complexity index is 329. The van der Waals surface area contributed by atoms with Gasteiger partial charge in [0.1, 0.15) is 12.8 Å². The average molecular weight is 335 g/mol. The molecule has 0 aliphatic rings. The summed E-state index contributed by atoms with van der Waals surface area (Å²) in [6, 6.07) is -0.285. The van der Waals surface area contributed by atoms with Crippen LogP contribution in [0.25, 0.3) is 0 Å². The van der Waals surface area contributed by atoms with E-state index < -0.39 is 6.23 Å². The molecule has 5 N–H and O–H groups in total. The summed E-state index contributed by atoms with van der Waals surface area (Å²) in [5, 5.41) is 14.4. The summed E-state index contributed by atoms with van der Waals surface area (Å²) in [6.07, 6.45) is -0.0635. The molecule has 130 valence electrons. The summed E-state index contributed by atoms with van der Waals surface area (Å²) in [5.74, 6) is 1.16. The molecule has 0 saturated carbocycles. The van der Waals surface area contributed by atoms with Crippen LogP contribution in [0, 0.1) is 11.8 Å². The number of aliphatic hydroxyl groups excluding tert-OH is 1. The molecule has 3 atom stereocenters. The first kappa shape index (κ1) is 21.0. The minimum atomic E-state index is -0.804. The van der Waals surface area contributed by atoms with E-state index in [1.54, 1.807) is 11.8 Å². The maximum Gasteiger partial charge on any atom is 0.314 e. The highest BCUT2D eigenvalue weighted by Crippen LogP contribution is 2.08. The number of nitrogens with two attached hydrogens (primary N) is 1. The molecule has 0 fully saturated rings. The fourth-order valence-electron chi connectivity index (χ4n) is 1.29. The monoisotopic (exact) mass is 335 g/mol. The van der Waals surface area contributed by atoms with Crippen molar-refractivity contribution in [3.05, 3.63) is 0 Å². The highest BCUT2D eigenvalue weighted by molar-refractivity contribution is 7.99. The molecule has 0 aliphatic heterocycles. The van der Waals surface area contributed by atoms with Gasteiger partial charge in [-0.15, -0.1) is 0 Å². The Morgan fingerprint density at radius 1 is 1.27 bits per heavy atom. The number of amides is 2. The van der Waals surface area contributed by atoms with Gasteiger partial charge in [0.25, 0.3) is 0 Å². The molecule has 0 bridgehead atoms. The van der Waals surface area contributed by atoms with Crippen molar-refractivity contribution in [2.75, 3.05) is 31.2 Å². The van der Waals surface area contributed by atoms with Crippen molar-refractivity contribution in [3.8, 4) is 0 Å². The van der Waals surface area contributed by atoms with Crippen molar-refractivity contribution in [1.29, 1.82) is 0 Å². The summed E-state index contributed by atoms with van der Waals surface area (Å²) in [7, 11) is 0. The lowest BCUT2D eigenvalue weighted by atomic mass is 10.1. The van der Waals surface area contributed by atoms with E-state index in [0.717, 1.165) is 17.9 Å². The zero-order valence-electron chi connectivity index (χ0n) is 13.6. The number of rotatable bonds is 11. The normalized spacial score (nSPS) is 14.8. The Kier molecular flexibility index (Phi) is 12.0. The van der Waals surface area contributed by atoms with Crippen molar-refractivity contribution in [2.45, 2.75) is 33.4 Å². The summed E-state index contributed by atoms with van der Waals surface area (Å²) in [5.41, 5.74) is 5.34. The predicted octanol–water partition coefficient (Wildman–Crippen LogP) is 0.521. The van der Waals surface area contributed by atoms with E-state index in [1.165, 1.54) is 0 Å². The summed E-state index contributed by atoms with van der Waals surface area (Å²) in [6.45, 7) is 6.60. The lowest BCUT2D eigenvalue weighted by Gasteiger charge is -2.14. The topological polar surface area (TPSA) is 114 Å². The predicted molar refractivity (Wildman–Crippen MR) is 88.5 cm³/mol. The smallest absolute Gasteiger partial charge is 0.314 e. The zero-order valence-corrected chi connectivity index (χ0v) is 14.4. The fourth-order valence-corrected chi connectivity index (χ4v) is 2.27. The van der Waals surface area contributed by atoms with Crippen LogP contribution in [0.5, 0.6) is 0 Å². The largest absolute Gasteiger partial charge is 0.464 e. The Morgan fingerprint density at radius 3 is 2.50 bits per heavy atom. The van der Waals surface area contributed by atoms with E-state index in [-0.39, 0.29) is 37.0 Å². The van der Waals surface area contributed by atoms with Gasteiger partial charge < -0.3 is 26.2 Å². The zero-order chi connectivity index (χ0) is 17.0. The number of aliphatic hydroxyl groups is 1. The van der Waals surface area contributed by atoms with Gasteiger partial charge >= 0.3 is 12.0 Å². The number of urea groups is 1. The van der Waals surface area contributed by atoms with Crippen LogP contribution in [0.2, 0.25) is 0 Å². The van der Waals surface area contributed by atoms with Crippen molar-refractivity contribution in [2.24, 2.45) is 17.6 Å². The molecular weight excluding hydrogens is 306 g/mol. The number of thioether (sulfide) groups is 1. The molecule has 22 heavy (non-hydrogen) atoms. The molecule has 0 aromatic carbocycles. The SMILES string of the molecule is CCC(C)C(=O)OCCNC(=O)NCCSCC(C)C(N)O. The van der Waals surface area contributed by atoms with Crippen LogP contribution in [0.4, 0.5) is 4.79 Å². The molecule has 7 nitrogen and oxygen atoms in total. The van der Waals surface area contributed by atoms with Crippen LogP contribution >= 0.6 is 11.8 Å². The fraction of sp³-hybridized carbons (Fsp3) is 0.857. The number of hydrogen-bond donors (Lipinski definition) is 4. The molecule has 0 aliphatic carbocycles. The first-order chi connectivity index (χ1) is 10.4. The van der Waals surface area contributed by atoms with Gasteiger partial charge in [-0.2, -0.15) is 11.8 Å². The molecule has 0 saturated heterocycles. The number of carbonyl (C=O) groups is 2. The number of carbonyl (C=O) groups excluding carboxylic acids is 2. The van der Waals surface area contributed by atoms with Gasteiger partial charge in [-0.1, -0.05) is 20.8 Å². The number of esters is 1. The van der Waals surface area contributed by atoms with Gasteiger partial charge in [-0.3, -0.25) is 4.79 Å². The molecule has 0 radical (unpaired) electrons. The Morgan fingerprint density at radius 2 is 1.91 bits per heavy atom. The van der Waals surface area contributed by atoms with E-state index in [4.69, 9.17) is 15.6 Å². The Labute approximate surface area is 136 Å². The summed E-state index contributed by atoms with van der Waals surface area (Å²) in [4.78, 5) is 22.8. The van der Waals surface area contributed by atoms with E-state index in [2.05, 4.69) is 10.6 Å². The minimum absolute atomic E-state index is 0.0269. The average Bonchev–Trinajstić information content (AvgIpc) is 2.49. The molecule has 0 spiro atoms. The number of nitrogens with one attached hydrogen (secondary N) is 2. The maximum atomic E-state index is 11.5. The van der Waals surface area contributed by atoms with Crippen LogP contribution < -0.4 is 16.4 Å².